The van der Waals surface area contributed by atoms with Crippen molar-refractivity contribution in [3.05, 3.63) is 0 Å². The summed E-state index contributed by atoms with van der Waals surface area (Å²) in [7, 11) is -3.27. The standard InChI is InChI=1S/C9H16N2O3S/c10-5-1-2-7-15(13,14)11-6-3-4-9(12)8-11/h9,12H,1-4,6-8H2. The molecule has 0 aromatic heterocycles. The number of aliphatic hydroxyl groups is 1. The van der Waals surface area contributed by atoms with Gasteiger partial charge in [0, 0.05) is 19.5 Å². The first-order chi connectivity index (χ1) is 7.06. The van der Waals surface area contributed by atoms with Gasteiger partial charge in [0.2, 0.25) is 10.0 Å². The van der Waals surface area contributed by atoms with Gasteiger partial charge in [0.05, 0.1) is 17.9 Å². The van der Waals surface area contributed by atoms with Gasteiger partial charge < -0.3 is 5.11 Å². The molecule has 0 aromatic carbocycles. The van der Waals surface area contributed by atoms with Crippen molar-refractivity contribution in [1.82, 2.24) is 4.31 Å². The van der Waals surface area contributed by atoms with E-state index >= 15 is 0 Å². The Morgan fingerprint density at radius 2 is 2.27 bits per heavy atom. The van der Waals surface area contributed by atoms with Crippen molar-refractivity contribution in [2.45, 2.75) is 31.8 Å². The minimum absolute atomic E-state index is 0.00722. The number of rotatable bonds is 4. The predicted molar refractivity (Wildman–Crippen MR) is 55.4 cm³/mol. The molecule has 1 heterocycles. The van der Waals surface area contributed by atoms with Gasteiger partial charge in [-0.05, 0) is 19.3 Å². The lowest BCUT2D eigenvalue weighted by Gasteiger charge is -2.29. The van der Waals surface area contributed by atoms with Gasteiger partial charge in [-0.3, -0.25) is 0 Å². The summed E-state index contributed by atoms with van der Waals surface area (Å²) in [6.07, 6.45) is 1.47. The SMILES string of the molecule is N#CCCCS(=O)(=O)N1CCCC(O)C1. The predicted octanol–water partition coefficient (Wildman–Crippen LogP) is 0.0767. The first-order valence-corrected chi connectivity index (χ1v) is 6.70. The zero-order chi connectivity index (χ0) is 11.3. The molecular formula is C9H16N2O3S. The van der Waals surface area contributed by atoms with E-state index in [1.165, 1.54) is 4.31 Å². The van der Waals surface area contributed by atoms with Crippen LogP contribution in [0.1, 0.15) is 25.7 Å². The number of unbranched alkanes of at least 4 members (excludes halogenated alkanes) is 1. The minimum Gasteiger partial charge on any atom is -0.392 e. The summed E-state index contributed by atoms with van der Waals surface area (Å²) in [5, 5.41) is 17.7. The lowest BCUT2D eigenvalue weighted by Crippen LogP contribution is -2.43. The Balaban J connectivity index is 2.49. The molecule has 1 aliphatic rings. The van der Waals surface area contributed by atoms with Crippen LogP contribution >= 0.6 is 0 Å². The summed E-state index contributed by atoms with van der Waals surface area (Å²) < 4.78 is 24.8. The van der Waals surface area contributed by atoms with E-state index in [2.05, 4.69) is 0 Å². The fourth-order valence-electron chi connectivity index (χ4n) is 1.64. The van der Waals surface area contributed by atoms with E-state index in [0.29, 0.717) is 25.8 Å². The molecule has 1 aliphatic heterocycles. The maximum absolute atomic E-state index is 11.7. The van der Waals surface area contributed by atoms with Crippen molar-refractivity contribution >= 4 is 10.0 Å². The van der Waals surface area contributed by atoms with Crippen molar-refractivity contribution in [3.8, 4) is 6.07 Å². The molecule has 1 saturated heterocycles. The molecule has 0 bridgehead atoms. The summed E-state index contributed by atoms with van der Waals surface area (Å²) in [4.78, 5) is 0. The van der Waals surface area contributed by atoms with Gasteiger partial charge in [-0.1, -0.05) is 0 Å². The Kier molecular flexibility index (Phi) is 4.51. The summed E-state index contributed by atoms with van der Waals surface area (Å²) in [5.41, 5.74) is 0. The van der Waals surface area contributed by atoms with Gasteiger partial charge >= 0.3 is 0 Å². The molecule has 0 spiro atoms. The molecule has 1 fully saturated rings. The highest BCUT2D eigenvalue weighted by molar-refractivity contribution is 7.89. The molecule has 15 heavy (non-hydrogen) atoms. The number of sulfonamides is 1. The van der Waals surface area contributed by atoms with Gasteiger partial charge in [-0.25, -0.2) is 8.42 Å². The maximum atomic E-state index is 11.7. The van der Waals surface area contributed by atoms with Crippen molar-refractivity contribution in [1.29, 1.82) is 5.26 Å². The average molecular weight is 232 g/mol. The van der Waals surface area contributed by atoms with E-state index < -0.39 is 16.1 Å². The molecule has 5 nitrogen and oxygen atoms in total. The number of nitriles is 1. The molecule has 1 N–H and O–H groups in total. The summed E-state index contributed by atoms with van der Waals surface area (Å²) in [6, 6.07) is 1.92. The largest absolute Gasteiger partial charge is 0.392 e. The number of hydrogen-bond donors (Lipinski definition) is 1. The lowest BCUT2D eigenvalue weighted by molar-refractivity contribution is 0.108. The highest BCUT2D eigenvalue weighted by Gasteiger charge is 2.27. The molecular weight excluding hydrogens is 216 g/mol. The van der Waals surface area contributed by atoms with Gasteiger partial charge in [0.1, 0.15) is 0 Å². The number of piperidine rings is 1. The third kappa shape index (κ3) is 3.78. The van der Waals surface area contributed by atoms with Crippen molar-refractivity contribution in [3.63, 3.8) is 0 Å². The molecule has 0 radical (unpaired) electrons. The van der Waals surface area contributed by atoms with E-state index in [1.54, 1.807) is 0 Å². The molecule has 0 amide bonds. The van der Waals surface area contributed by atoms with E-state index in [1.807, 2.05) is 6.07 Å². The Hall–Kier alpha value is -0.640. The summed E-state index contributed by atoms with van der Waals surface area (Å²) in [6.45, 7) is 0.695. The minimum atomic E-state index is -3.27. The Bertz CT molecular complexity index is 334. The van der Waals surface area contributed by atoms with Crippen LogP contribution in [0.5, 0.6) is 0 Å². The van der Waals surface area contributed by atoms with Crippen LogP contribution in [-0.2, 0) is 10.0 Å². The topological polar surface area (TPSA) is 81.4 Å². The normalized spacial score (nSPS) is 23.6. The smallest absolute Gasteiger partial charge is 0.214 e. The Labute approximate surface area is 90.4 Å². The fourth-order valence-corrected chi connectivity index (χ4v) is 3.21. The second-order valence-electron chi connectivity index (χ2n) is 3.73. The third-order valence-corrected chi connectivity index (χ3v) is 4.37. The van der Waals surface area contributed by atoms with Gasteiger partial charge in [-0.2, -0.15) is 9.57 Å². The molecule has 86 valence electrons. The first kappa shape index (κ1) is 12.4. The Morgan fingerprint density at radius 3 is 2.87 bits per heavy atom. The summed E-state index contributed by atoms with van der Waals surface area (Å²) >= 11 is 0. The molecule has 6 heteroatoms. The first-order valence-electron chi connectivity index (χ1n) is 5.09. The number of nitrogens with zero attached hydrogens (tertiary/aromatic N) is 2. The van der Waals surface area contributed by atoms with Crippen LogP contribution in [0.2, 0.25) is 0 Å². The van der Waals surface area contributed by atoms with E-state index in [9.17, 15) is 13.5 Å². The van der Waals surface area contributed by atoms with Crippen LogP contribution in [0.25, 0.3) is 0 Å². The molecule has 0 aromatic rings. The quantitative estimate of drug-likeness (QED) is 0.696. The monoisotopic (exact) mass is 232 g/mol. The average Bonchev–Trinajstić information content (AvgIpc) is 2.18. The van der Waals surface area contributed by atoms with Crippen LogP contribution in [0.15, 0.2) is 0 Å². The molecule has 1 unspecified atom stereocenters. The zero-order valence-electron chi connectivity index (χ0n) is 8.59. The maximum Gasteiger partial charge on any atom is 0.214 e. The lowest BCUT2D eigenvalue weighted by atomic mass is 10.1. The summed E-state index contributed by atoms with van der Waals surface area (Å²) in [5.74, 6) is 0.00722. The van der Waals surface area contributed by atoms with Crippen LogP contribution in [0.3, 0.4) is 0 Å². The van der Waals surface area contributed by atoms with Crippen LogP contribution in [-0.4, -0.2) is 42.8 Å². The molecule has 1 atom stereocenters. The fraction of sp³-hybridized carbons (Fsp3) is 0.889. The van der Waals surface area contributed by atoms with Crippen LogP contribution < -0.4 is 0 Å². The van der Waals surface area contributed by atoms with E-state index in [-0.39, 0.29) is 18.7 Å². The second kappa shape index (κ2) is 5.45. The molecule has 0 aliphatic carbocycles. The van der Waals surface area contributed by atoms with Crippen molar-refractivity contribution < 1.29 is 13.5 Å². The van der Waals surface area contributed by atoms with Gasteiger partial charge in [0.25, 0.3) is 0 Å². The Morgan fingerprint density at radius 1 is 1.53 bits per heavy atom. The number of aliphatic hydroxyl groups excluding tert-OH is 1. The van der Waals surface area contributed by atoms with Crippen LogP contribution in [0.4, 0.5) is 0 Å². The highest BCUT2D eigenvalue weighted by Crippen LogP contribution is 2.14. The number of hydrogen-bond acceptors (Lipinski definition) is 4. The zero-order valence-corrected chi connectivity index (χ0v) is 9.41. The van der Waals surface area contributed by atoms with E-state index in [0.717, 1.165) is 0 Å². The second-order valence-corrected chi connectivity index (χ2v) is 5.82. The highest BCUT2D eigenvalue weighted by atomic mass is 32.2. The van der Waals surface area contributed by atoms with Gasteiger partial charge in [0.15, 0.2) is 0 Å². The third-order valence-electron chi connectivity index (χ3n) is 2.44. The van der Waals surface area contributed by atoms with Gasteiger partial charge in [-0.15, -0.1) is 0 Å². The molecule has 0 saturated carbocycles. The van der Waals surface area contributed by atoms with E-state index in [4.69, 9.17) is 5.26 Å². The number of β-amino-alcohol motifs (C(OH)–C–C–N with tert-alkyl or cyclic N) is 1. The van der Waals surface area contributed by atoms with Crippen molar-refractivity contribution in [2.75, 3.05) is 18.8 Å². The van der Waals surface area contributed by atoms with Crippen LogP contribution in [0, 0.1) is 11.3 Å². The van der Waals surface area contributed by atoms with Crippen molar-refractivity contribution in [2.24, 2.45) is 0 Å². The molecule has 1 rings (SSSR count).